The molecule has 9 heteroatoms. The number of carbonyl (C=O) groups excluding carboxylic acids is 4. The number of esters is 4. The van der Waals surface area contributed by atoms with Crippen molar-refractivity contribution >= 4 is 23.9 Å². The first-order valence-corrected chi connectivity index (χ1v) is 13.6. The van der Waals surface area contributed by atoms with Gasteiger partial charge in [-0.1, -0.05) is 72.8 Å². The van der Waals surface area contributed by atoms with Gasteiger partial charge in [0.15, 0.2) is 18.3 Å². The number of carbonyl (C=O) groups is 4. The van der Waals surface area contributed by atoms with Crippen LogP contribution in [0.4, 0.5) is 0 Å². The molecule has 218 valence electrons. The van der Waals surface area contributed by atoms with E-state index in [1.807, 2.05) is 0 Å². The Labute approximate surface area is 247 Å². The van der Waals surface area contributed by atoms with E-state index in [9.17, 15) is 19.2 Å². The molecule has 1 saturated heterocycles. The van der Waals surface area contributed by atoms with E-state index in [1.54, 1.807) is 121 Å². The average Bonchev–Trinajstić information content (AvgIpc) is 3.07. The van der Waals surface area contributed by atoms with Crippen molar-refractivity contribution < 1.29 is 42.9 Å². The minimum atomic E-state index is -1.31. The molecule has 0 aromatic heterocycles. The molecule has 5 rings (SSSR count). The van der Waals surface area contributed by atoms with E-state index in [-0.39, 0.29) is 29.9 Å². The molecule has 4 aromatic carbocycles. The molecule has 9 nitrogen and oxygen atoms in total. The van der Waals surface area contributed by atoms with Gasteiger partial charge in [0.1, 0.15) is 12.7 Å². The van der Waals surface area contributed by atoms with Gasteiger partial charge in [-0.05, 0) is 48.5 Å². The Balaban J connectivity index is 1.44. The second-order valence-electron chi connectivity index (χ2n) is 9.62. The SMILES string of the molecule is O=C(OCC1OCC(OC(=O)c2ccccc2)C(OC(=O)c2ccccc2)[C@H]1OC(=O)c1ccccc1)c1ccccc1. The molecular weight excluding hydrogens is 552 g/mol. The fourth-order valence-corrected chi connectivity index (χ4v) is 4.49. The molecule has 4 atom stereocenters. The van der Waals surface area contributed by atoms with Crippen molar-refractivity contribution in [3.05, 3.63) is 144 Å². The molecule has 1 heterocycles. The zero-order valence-electron chi connectivity index (χ0n) is 22.9. The van der Waals surface area contributed by atoms with Crippen LogP contribution in [0, 0.1) is 0 Å². The van der Waals surface area contributed by atoms with Crippen LogP contribution in [0.5, 0.6) is 0 Å². The zero-order valence-corrected chi connectivity index (χ0v) is 22.9. The van der Waals surface area contributed by atoms with Crippen molar-refractivity contribution in [2.24, 2.45) is 0 Å². The Morgan fingerprint density at radius 2 is 0.884 bits per heavy atom. The Morgan fingerprint density at radius 1 is 0.512 bits per heavy atom. The highest BCUT2D eigenvalue weighted by Gasteiger charge is 2.48. The second-order valence-corrected chi connectivity index (χ2v) is 9.62. The summed E-state index contributed by atoms with van der Waals surface area (Å²) in [5.74, 6) is -2.76. The highest BCUT2D eigenvalue weighted by Crippen LogP contribution is 2.27. The van der Waals surface area contributed by atoms with Gasteiger partial charge in [-0.3, -0.25) is 0 Å². The molecule has 1 aliphatic rings. The lowest BCUT2D eigenvalue weighted by Gasteiger charge is -2.40. The molecule has 0 aliphatic carbocycles. The van der Waals surface area contributed by atoms with Gasteiger partial charge in [0, 0.05) is 0 Å². The van der Waals surface area contributed by atoms with Crippen LogP contribution in [0.15, 0.2) is 121 Å². The van der Waals surface area contributed by atoms with Gasteiger partial charge >= 0.3 is 23.9 Å². The van der Waals surface area contributed by atoms with E-state index >= 15 is 0 Å². The fourth-order valence-electron chi connectivity index (χ4n) is 4.49. The maximum atomic E-state index is 13.2. The highest BCUT2D eigenvalue weighted by molar-refractivity contribution is 5.91. The minimum Gasteiger partial charge on any atom is -0.459 e. The molecule has 0 bridgehead atoms. The van der Waals surface area contributed by atoms with Crippen LogP contribution < -0.4 is 0 Å². The first kappa shape index (κ1) is 29.2. The van der Waals surface area contributed by atoms with Crippen molar-refractivity contribution in [2.75, 3.05) is 13.2 Å². The lowest BCUT2D eigenvalue weighted by Crippen LogP contribution is -2.59. The third-order valence-corrected chi connectivity index (χ3v) is 6.69. The van der Waals surface area contributed by atoms with E-state index in [2.05, 4.69) is 0 Å². The molecule has 4 aromatic rings. The Kier molecular flexibility index (Phi) is 9.56. The van der Waals surface area contributed by atoms with Gasteiger partial charge in [-0.2, -0.15) is 0 Å². The quantitative estimate of drug-likeness (QED) is 0.201. The Bertz CT molecular complexity index is 1530. The summed E-state index contributed by atoms with van der Waals surface area (Å²) in [6, 6.07) is 33.1. The van der Waals surface area contributed by atoms with Crippen molar-refractivity contribution in [2.45, 2.75) is 24.4 Å². The van der Waals surface area contributed by atoms with Gasteiger partial charge in [0.25, 0.3) is 0 Å². The first-order valence-electron chi connectivity index (χ1n) is 13.6. The van der Waals surface area contributed by atoms with E-state index < -0.39 is 48.3 Å². The predicted octanol–water partition coefficient (Wildman–Crippen LogP) is 4.92. The summed E-state index contributed by atoms with van der Waals surface area (Å²) in [7, 11) is 0. The third kappa shape index (κ3) is 7.52. The predicted molar refractivity (Wildman–Crippen MR) is 153 cm³/mol. The second kappa shape index (κ2) is 14.1. The van der Waals surface area contributed by atoms with Crippen LogP contribution in [0.3, 0.4) is 0 Å². The monoisotopic (exact) mass is 580 g/mol. The molecule has 0 radical (unpaired) electrons. The van der Waals surface area contributed by atoms with Crippen LogP contribution in [-0.2, 0) is 23.7 Å². The summed E-state index contributed by atoms with van der Waals surface area (Å²) in [4.78, 5) is 52.2. The topological polar surface area (TPSA) is 114 Å². The smallest absolute Gasteiger partial charge is 0.338 e. The van der Waals surface area contributed by atoms with Gasteiger partial charge in [-0.25, -0.2) is 19.2 Å². The van der Waals surface area contributed by atoms with Crippen LogP contribution in [0.1, 0.15) is 41.4 Å². The number of ether oxygens (including phenoxy) is 5. The molecule has 1 fully saturated rings. The summed E-state index contributed by atoms with van der Waals surface area (Å²) >= 11 is 0. The zero-order chi connectivity index (χ0) is 30.0. The van der Waals surface area contributed by atoms with Crippen molar-refractivity contribution in [1.29, 1.82) is 0 Å². The van der Waals surface area contributed by atoms with Crippen LogP contribution in [0.2, 0.25) is 0 Å². The first-order chi connectivity index (χ1) is 21.0. The average molecular weight is 581 g/mol. The molecule has 0 saturated carbocycles. The normalized spacial score (nSPS) is 19.4. The molecule has 0 amide bonds. The summed E-state index contributed by atoms with van der Waals surface area (Å²) < 4.78 is 29.0. The number of rotatable bonds is 9. The van der Waals surface area contributed by atoms with Crippen molar-refractivity contribution in [1.82, 2.24) is 0 Å². The lowest BCUT2D eigenvalue weighted by atomic mass is 9.99. The minimum absolute atomic E-state index is 0.224. The standard InChI is InChI=1S/C34H28O9/c35-31(23-13-5-1-6-14-23)40-21-27-29(42-33(37)25-17-9-3-10-18-25)30(43-34(38)26-19-11-4-12-20-26)28(22-39-27)41-32(36)24-15-7-2-8-16-24/h1-20,27-30H,21-22H2/t27?,28?,29-,30?/m0/s1. The highest BCUT2D eigenvalue weighted by atomic mass is 16.7. The summed E-state index contributed by atoms with van der Waals surface area (Å²) in [5, 5.41) is 0. The third-order valence-electron chi connectivity index (χ3n) is 6.69. The van der Waals surface area contributed by atoms with E-state index in [4.69, 9.17) is 23.7 Å². The molecular formula is C34H28O9. The molecule has 3 unspecified atom stereocenters. The van der Waals surface area contributed by atoms with Gasteiger partial charge in [0.05, 0.1) is 28.9 Å². The Morgan fingerprint density at radius 3 is 1.33 bits per heavy atom. The number of hydrogen-bond acceptors (Lipinski definition) is 9. The summed E-state index contributed by atoms with van der Waals surface area (Å²) in [6.07, 6.45) is -4.83. The molecule has 0 N–H and O–H groups in total. The number of hydrogen-bond donors (Lipinski definition) is 0. The summed E-state index contributed by atoms with van der Waals surface area (Å²) in [5.41, 5.74) is 1.06. The largest absolute Gasteiger partial charge is 0.459 e. The maximum Gasteiger partial charge on any atom is 0.338 e. The lowest BCUT2D eigenvalue weighted by molar-refractivity contribution is -0.197. The van der Waals surface area contributed by atoms with Crippen molar-refractivity contribution in [3.63, 3.8) is 0 Å². The van der Waals surface area contributed by atoms with E-state index in [0.29, 0.717) is 5.56 Å². The van der Waals surface area contributed by atoms with Gasteiger partial charge in [0.2, 0.25) is 0 Å². The van der Waals surface area contributed by atoms with Crippen molar-refractivity contribution in [3.8, 4) is 0 Å². The van der Waals surface area contributed by atoms with Crippen LogP contribution in [-0.4, -0.2) is 61.5 Å². The van der Waals surface area contributed by atoms with Crippen LogP contribution in [0.25, 0.3) is 0 Å². The summed E-state index contributed by atoms with van der Waals surface area (Å²) in [6.45, 7) is -0.558. The van der Waals surface area contributed by atoms with E-state index in [1.165, 1.54) is 0 Å². The fraction of sp³-hybridized carbons (Fsp3) is 0.176. The van der Waals surface area contributed by atoms with E-state index in [0.717, 1.165) is 0 Å². The molecule has 0 spiro atoms. The van der Waals surface area contributed by atoms with Gasteiger partial charge < -0.3 is 23.7 Å². The molecule has 43 heavy (non-hydrogen) atoms. The Hall–Kier alpha value is -5.28. The number of benzene rings is 4. The van der Waals surface area contributed by atoms with Gasteiger partial charge in [-0.15, -0.1) is 0 Å². The maximum absolute atomic E-state index is 13.2. The van der Waals surface area contributed by atoms with Crippen LogP contribution >= 0.6 is 0 Å². The molecule has 1 aliphatic heterocycles.